The first-order valence-electron chi connectivity index (χ1n) is 7.30. The van der Waals surface area contributed by atoms with Crippen molar-refractivity contribution in [1.29, 1.82) is 0 Å². The molecule has 0 saturated heterocycles. The summed E-state index contributed by atoms with van der Waals surface area (Å²) < 4.78 is 5.69. The van der Waals surface area contributed by atoms with E-state index in [-0.39, 0.29) is 0 Å². The maximum Gasteiger partial charge on any atom is 0.0897 e. The second kappa shape index (κ2) is 7.63. The van der Waals surface area contributed by atoms with Gasteiger partial charge in [0.15, 0.2) is 0 Å². The fraction of sp³-hybridized carbons (Fsp3) is 0.625. The second-order valence-corrected chi connectivity index (χ2v) is 5.51. The SMILES string of the molecule is Cc1ccc(CNCC(O)COC2CCCC2)cc1. The molecule has 0 aromatic heterocycles. The van der Waals surface area contributed by atoms with E-state index in [9.17, 15) is 5.11 Å². The molecular formula is C16H25NO2. The number of nitrogens with one attached hydrogen (secondary N) is 1. The van der Waals surface area contributed by atoms with E-state index in [1.165, 1.54) is 24.0 Å². The Morgan fingerprint density at radius 2 is 1.95 bits per heavy atom. The van der Waals surface area contributed by atoms with Gasteiger partial charge in [0, 0.05) is 13.1 Å². The predicted octanol–water partition coefficient (Wildman–Crippen LogP) is 2.40. The number of aliphatic hydroxyl groups excluding tert-OH is 1. The smallest absolute Gasteiger partial charge is 0.0897 e. The largest absolute Gasteiger partial charge is 0.389 e. The molecule has 3 heteroatoms. The van der Waals surface area contributed by atoms with Crippen molar-refractivity contribution in [3.63, 3.8) is 0 Å². The van der Waals surface area contributed by atoms with Crippen molar-refractivity contribution in [1.82, 2.24) is 5.32 Å². The lowest BCUT2D eigenvalue weighted by atomic mass is 10.1. The lowest BCUT2D eigenvalue weighted by Crippen LogP contribution is -2.31. The van der Waals surface area contributed by atoms with Crippen molar-refractivity contribution in [2.75, 3.05) is 13.2 Å². The van der Waals surface area contributed by atoms with Gasteiger partial charge in [0.25, 0.3) is 0 Å². The van der Waals surface area contributed by atoms with E-state index in [4.69, 9.17) is 4.74 Å². The van der Waals surface area contributed by atoms with Crippen LogP contribution in [0.5, 0.6) is 0 Å². The number of ether oxygens (including phenoxy) is 1. The Morgan fingerprint density at radius 1 is 1.26 bits per heavy atom. The van der Waals surface area contributed by atoms with Gasteiger partial charge in [-0.3, -0.25) is 0 Å². The summed E-state index contributed by atoms with van der Waals surface area (Å²) in [6, 6.07) is 8.45. The van der Waals surface area contributed by atoms with E-state index in [1.54, 1.807) is 0 Å². The fourth-order valence-electron chi connectivity index (χ4n) is 2.45. The molecule has 1 saturated carbocycles. The molecule has 0 amide bonds. The molecule has 0 heterocycles. The van der Waals surface area contributed by atoms with Gasteiger partial charge in [-0.05, 0) is 25.3 Å². The Balaban J connectivity index is 1.58. The van der Waals surface area contributed by atoms with Crippen molar-refractivity contribution < 1.29 is 9.84 Å². The molecular weight excluding hydrogens is 238 g/mol. The molecule has 1 aliphatic carbocycles. The molecule has 3 nitrogen and oxygen atoms in total. The Bertz CT molecular complexity index is 358. The van der Waals surface area contributed by atoms with Crippen LogP contribution in [0.1, 0.15) is 36.8 Å². The van der Waals surface area contributed by atoms with Crippen LogP contribution in [0.25, 0.3) is 0 Å². The third-order valence-electron chi connectivity index (χ3n) is 3.66. The Morgan fingerprint density at radius 3 is 2.63 bits per heavy atom. The summed E-state index contributed by atoms with van der Waals surface area (Å²) in [4.78, 5) is 0. The summed E-state index contributed by atoms with van der Waals surface area (Å²) in [5, 5.41) is 13.1. The van der Waals surface area contributed by atoms with E-state index >= 15 is 0 Å². The van der Waals surface area contributed by atoms with E-state index in [0.29, 0.717) is 19.3 Å². The van der Waals surface area contributed by atoms with Gasteiger partial charge < -0.3 is 15.2 Å². The van der Waals surface area contributed by atoms with Crippen molar-refractivity contribution in [2.45, 2.75) is 51.4 Å². The van der Waals surface area contributed by atoms with Crippen LogP contribution in [0.15, 0.2) is 24.3 Å². The van der Waals surface area contributed by atoms with Gasteiger partial charge in [-0.15, -0.1) is 0 Å². The van der Waals surface area contributed by atoms with Crippen LogP contribution in [0.4, 0.5) is 0 Å². The van der Waals surface area contributed by atoms with Gasteiger partial charge in [-0.25, -0.2) is 0 Å². The first-order chi connectivity index (χ1) is 9.24. The summed E-state index contributed by atoms with van der Waals surface area (Å²) in [5.41, 5.74) is 2.52. The molecule has 0 radical (unpaired) electrons. The van der Waals surface area contributed by atoms with Crippen molar-refractivity contribution in [2.24, 2.45) is 0 Å². The van der Waals surface area contributed by atoms with Gasteiger partial charge in [0.2, 0.25) is 0 Å². The summed E-state index contributed by atoms with van der Waals surface area (Å²) >= 11 is 0. The van der Waals surface area contributed by atoms with Crippen LogP contribution in [0.3, 0.4) is 0 Å². The molecule has 19 heavy (non-hydrogen) atoms. The van der Waals surface area contributed by atoms with Crippen molar-refractivity contribution in [3.05, 3.63) is 35.4 Å². The van der Waals surface area contributed by atoms with E-state index in [0.717, 1.165) is 19.4 Å². The Kier molecular flexibility index (Phi) is 5.83. The minimum atomic E-state index is -0.411. The summed E-state index contributed by atoms with van der Waals surface area (Å²) in [7, 11) is 0. The van der Waals surface area contributed by atoms with Crippen LogP contribution < -0.4 is 5.32 Å². The monoisotopic (exact) mass is 263 g/mol. The summed E-state index contributed by atoms with van der Waals surface area (Å²) in [5.74, 6) is 0. The molecule has 2 N–H and O–H groups in total. The van der Waals surface area contributed by atoms with E-state index in [2.05, 4.69) is 36.5 Å². The molecule has 1 fully saturated rings. The van der Waals surface area contributed by atoms with Gasteiger partial charge in [-0.1, -0.05) is 42.7 Å². The van der Waals surface area contributed by atoms with Gasteiger partial charge in [0.1, 0.15) is 0 Å². The number of rotatable bonds is 7. The molecule has 1 aromatic rings. The summed E-state index contributed by atoms with van der Waals surface area (Å²) in [6.07, 6.45) is 4.82. The van der Waals surface area contributed by atoms with Crippen LogP contribution in [0.2, 0.25) is 0 Å². The zero-order valence-corrected chi connectivity index (χ0v) is 11.8. The van der Waals surface area contributed by atoms with Crippen LogP contribution in [-0.4, -0.2) is 30.5 Å². The number of benzene rings is 1. The molecule has 0 bridgehead atoms. The molecule has 1 unspecified atom stereocenters. The lowest BCUT2D eigenvalue weighted by molar-refractivity contribution is -0.00549. The average Bonchev–Trinajstić information content (AvgIpc) is 2.92. The first kappa shape index (κ1) is 14.5. The van der Waals surface area contributed by atoms with Crippen LogP contribution in [-0.2, 0) is 11.3 Å². The number of aryl methyl sites for hydroxylation is 1. The van der Waals surface area contributed by atoms with E-state index < -0.39 is 6.10 Å². The Hall–Kier alpha value is -0.900. The maximum absolute atomic E-state index is 9.84. The molecule has 1 atom stereocenters. The van der Waals surface area contributed by atoms with Gasteiger partial charge in [-0.2, -0.15) is 0 Å². The standard InChI is InChI=1S/C16H25NO2/c1-13-6-8-14(9-7-13)10-17-11-15(18)12-19-16-4-2-3-5-16/h6-9,15-18H,2-5,10-12H2,1H3. The first-order valence-corrected chi connectivity index (χ1v) is 7.30. The second-order valence-electron chi connectivity index (χ2n) is 5.51. The van der Waals surface area contributed by atoms with Crippen LogP contribution >= 0.6 is 0 Å². The molecule has 1 aromatic carbocycles. The van der Waals surface area contributed by atoms with Crippen LogP contribution in [0, 0.1) is 6.92 Å². The zero-order chi connectivity index (χ0) is 13.5. The molecule has 1 aliphatic rings. The lowest BCUT2D eigenvalue weighted by Gasteiger charge is -2.16. The maximum atomic E-state index is 9.84. The number of aliphatic hydroxyl groups is 1. The van der Waals surface area contributed by atoms with Crippen molar-refractivity contribution >= 4 is 0 Å². The zero-order valence-electron chi connectivity index (χ0n) is 11.8. The normalized spacial score (nSPS) is 17.8. The predicted molar refractivity (Wildman–Crippen MR) is 77.1 cm³/mol. The average molecular weight is 263 g/mol. The third kappa shape index (κ3) is 5.31. The highest BCUT2D eigenvalue weighted by molar-refractivity contribution is 5.21. The highest BCUT2D eigenvalue weighted by Crippen LogP contribution is 2.20. The third-order valence-corrected chi connectivity index (χ3v) is 3.66. The molecule has 106 valence electrons. The van der Waals surface area contributed by atoms with Gasteiger partial charge in [0.05, 0.1) is 18.8 Å². The molecule has 0 aliphatic heterocycles. The van der Waals surface area contributed by atoms with Crippen molar-refractivity contribution in [3.8, 4) is 0 Å². The topological polar surface area (TPSA) is 41.5 Å². The quantitative estimate of drug-likeness (QED) is 0.794. The minimum absolute atomic E-state index is 0.381. The van der Waals surface area contributed by atoms with E-state index in [1.807, 2.05) is 0 Å². The molecule has 2 rings (SSSR count). The highest BCUT2D eigenvalue weighted by Gasteiger charge is 2.16. The highest BCUT2D eigenvalue weighted by atomic mass is 16.5. The minimum Gasteiger partial charge on any atom is -0.389 e. The number of hydrogen-bond donors (Lipinski definition) is 2. The van der Waals surface area contributed by atoms with Gasteiger partial charge >= 0.3 is 0 Å². The Labute approximate surface area is 116 Å². The summed E-state index contributed by atoms with van der Waals surface area (Å²) in [6.45, 7) is 3.91. The fourth-order valence-corrected chi connectivity index (χ4v) is 2.45. The molecule has 0 spiro atoms. The number of hydrogen-bond acceptors (Lipinski definition) is 3.